The van der Waals surface area contributed by atoms with Gasteiger partial charge >= 0.3 is 0 Å². The van der Waals surface area contributed by atoms with Crippen molar-refractivity contribution in [1.82, 2.24) is 0 Å². The van der Waals surface area contributed by atoms with Crippen molar-refractivity contribution >= 4 is 0 Å². The van der Waals surface area contributed by atoms with Crippen molar-refractivity contribution in [3.8, 4) is 0 Å². The molecule has 9 atom stereocenters. The van der Waals surface area contributed by atoms with Crippen molar-refractivity contribution in [1.29, 1.82) is 0 Å². The topological polar surface area (TPSA) is 40.5 Å². The van der Waals surface area contributed by atoms with E-state index in [0.717, 1.165) is 25.2 Å². The molecule has 2 N–H and O–H groups in total. The van der Waals surface area contributed by atoms with Crippen LogP contribution in [-0.4, -0.2) is 22.9 Å². The van der Waals surface area contributed by atoms with E-state index in [0.29, 0.717) is 33.5 Å². The van der Waals surface area contributed by atoms with Crippen molar-refractivity contribution < 1.29 is 10.2 Å². The van der Waals surface area contributed by atoms with Gasteiger partial charge in [0.1, 0.15) is 0 Å². The number of aliphatic hydroxyl groups is 2. The predicted molar refractivity (Wildman–Crippen MR) is 132 cm³/mol. The molecule has 0 bridgehead atoms. The van der Waals surface area contributed by atoms with Gasteiger partial charge in [0.15, 0.2) is 0 Å². The average molecular weight is 443 g/mol. The quantitative estimate of drug-likeness (QED) is 0.424. The number of allylic oxidation sites excluding steroid dienone is 2. The maximum absolute atomic E-state index is 10.9. The summed E-state index contributed by atoms with van der Waals surface area (Å²) >= 11 is 0. The first kappa shape index (κ1) is 23.4. The first-order valence-electron chi connectivity index (χ1n) is 13.8. The highest BCUT2D eigenvalue weighted by Gasteiger charge is 2.68. The van der Waals surface area contributed by atoms with Crippen molar-refractivity contribution in [2.75, 3.05) is 6.61 Å². The van der Waals surface area contributed by atoms with Crippen LogP contribution in [0.5, 0.6) is 0 Å². The summed E-state index contributed by atoms with van der Waals surface area (Å²) in [5, 5.41) is 21.3. The van der Waals surface area contributed by atoms with Crippen LogP contribution >= 0.6 is 0 Å². The van der Waals surface area contributed by atoms with Gasteiger partial charge < -0.3 is 10.2 Å². The van der Waals surface area contributed by atoms with Gasteiger partial charge in [0.05, 0.1) is 12.7 Å². The molecule has 0 saturated heterocycles. The van der Waals surface area contributed by atoms with E-state index in [-0.39, 0.29) is 23.5 Å². The summed E-state index contributed by atoms with van der Waals surface area (Å²) in [6, 6.07) is 0. The fraction of sp³-hybridized carbons (Fsp3) is 0.933. The highest BCUT2D eigenvalue weighted by molar-refractivity contribution is 5.33. The van der Waals surface area contributed by atoms with Crippen molar-refractivity contribution in [3.63, 3.8) is 0 Å². The standard InChI is InChI=1S/C30H50O2/c1-25(2)14-15-26(3)16-17-29(6)20(21(26)18-25)8-9-23-27(4)12-11-24(32)28(5,19-31)22(27)10-13-30(23,29)7/h8,21-24,31-32H,9-19H2,1-7H3/t21-,22+,23+,24+,26+,27-,28+,29+,30+/m0/s1. The van der Waals surface area contributed by atoms with E-state index in [1.807, 2.05) is 5.57 Å². The molecule has 0 aromatic rings. The Hall–Kier alpha value is -0.340. The highest BCUT2D eigenvalue weighted by atomic mass is 16.3. The molecule has 2 heteroatoms. The van der Waals surface area contributed by atoms with Crippen LogP contribution in [0.2, 0.25) is 0 Å². The van der Waals surface area contributed by atoms with E-state index in [9.17, 15) is 10.2 Å². The summed E-state index contributed by atoms with van der Waals surface area (Å²) in [4.78, 5) is 0. The maximum atomic E-state index is 10.9. The molecule has 182 valence electrons. The predicted octanol–water partition coefficient (Wildman–Crippen LogP) is 7.14. The van der Waals surface area contributed by atoms with E-state index in [4.69, 9.17) is 0 Å². The van der Waals surface area contributed by atoms with E-state index >= 15 is 0 Å². The number of aliphatic hydroxyl groups excluding tert-OH is 2. The van der Waals surface area contributed by atoms with Crippen LogP contribution in [0.4, 0.5) is 0 Å². The Morgan fingerprint density at radius 3 is 2.22 bits per heavy atom. The first-order valence-corrected chi connectivity index (χ1v) is 13.8. The van der Waals surface area contributed by atoms with Crippen LogP contribution in [0.1, 0.15) is 113 Å². The second-order valence-corrected chi connectivity index (χ2v) is 15.1. The Labute approximate surface area is 197 Å². The van der Waals surface area contributed by atoms with Gasteiger partial charge in [-0.15, -0.1) is 0 Å². The monoisotopic (exact) mass is 442 g/mol. The molecule has 2 nitrogen and oxygen atoms in total. The molecule has 4 fully saturated rings. The fourth-order valence-corrected chi connectivity index (χ4v) is 10.5. The smallest absolute Gasteiger partial charge is 0.0618 e. The van der Waals surface area contributed by atoms with E-state index in [1.54, 1.807) is 0 Å². The molecule has 0 aromatic heterocycles. The minimum absolute atomic E-state index is 0.117. The van der Waals surface area contributed by atoms with Gasteiger partial charge in [0.2, 0.25) is 0 Å². The summed E-state index contributed by atoms with van der Waals surface area (Å²) in [5.41, 5.74) is 3.28. The second-order valence-electron chi connectivity index (χ2n) is 15.1. The Morgan fingerprint density at radius 1 is 0.844 bits per heavy atom. The largest absolute Gasteiger partial charge is 0.396 e. The van der Waals surface area contributed by atoms with E-state index in [1.165, 1.54) is 44.9 Å². The molecule has 5 aliphatic carbocycles. The molecule has 5 rings (SSSR count). The third kappa shape index (κ3) is 2.78. The van der Waals surface area contributed by atoms with Gasteiger partial charge in [-0.05, 0) is 109 Å². The molecule has 0 aromatic carbocycles. The molecule has 0 radical (unpaired) electrons. The Morgan fingerprint density at radius 2 is 1.53 bits per heavy atom. The molecule has 0 heterocycles. The molecule has 0 amide bonds. The summed E-state index contributed by atoms with van der Waals surface area (Å²) in [5.74, 6) is 1.83. The number of fused-ring (bicyclic) bond motifs is 7. The van der Waals surface area contributed by atoms with E-state index in [2.05, 4.69) is 54.5 Å². The normalized spacial score (nSPS) is 56.8. The molecule has 4 saturated carbocycles. The lowest BCUT2D eigenvalue weighted by Gasteiger charge is -2.71. The van der Waals surface area contributed by atoms with Gasteiger partial charge in [-0.1, -0.05) is 60.1 Å². The van der Waals surface area contributed by atoms with E-state index < -0.39 is 0 Å². The molecular formula is C30H50O2. The lowest BCUT2D eigenvalue weighted by Crippen LogP contribution is -2.65. The summed E-state index contributed by atoms with van der Waals surface area (Å²) < 4.78 is 0. The minimum atomic E-state index is -0.361. The third-order valence-electron chi connectivity index (χ3n) is 13.2. The van der Waals surface area contributed by atoms with Crippen LogP contribution in [-0.2, 0) is 0 Å². The Balaban J connectivity index is 1.57. The summed E-state index contributed by atoms with van der Waals surface area (Å²) in [7, 11) is 0. The molecule has 32 heavy (non-hydrogen) atoms. The molecule has 0 spiro atoms. The Bertz CT molecular complexity index is 814. The maximum Gasteiger partial charge on any atom is 0.0618 e. The van der Waals surface area contributed by atoms with Gasteiger partial charge in [0.25, 0.3) is 0 Å². The average Bonchev–Trinajstić information content (AvgIpc) is 2.73. The zero-order valence-electron chi connectivity index (χ0n) is 22.1. The molecular weight excluding hydrogens is 392 g/mol. The molecule has 0 aliphatic heterocycles. The minimum Gasteiger partial charge on any atom is -0.396 e. The third-order valence-corrected chi connectivity index (χ3v) is 13.2. The first-order chi connectivity index (χ1) is 14.8. The lowest BCUT2D eigenvalue weighted by molar-refractivity contribution is -0.215. The molecule has 0 unspecified atom stereocenters. The van der Waals surface area contributed by atoms with Gasteiger partial charge in [-0.2, -0.15) is 0 Å². The Kier molecular flexibility index (Phi) is 5.02. The van der Waals surface area contributed by atoms with Crippen LogP contribution < -0.4 is 0 Å². The molecule has 5 aliphatic rings. The summed E-state index contributed by atoms with van der Waals surface area (Å²) in [6.45, 7) is 17.7. The van der Waals surface area contributed by atoms with Crippen molar-refractivity contribution in [2.45, 2.75) is 119 Å². The van der Waals surface area contributed by atoms with Gasteiger partial charge in [-0.25, -0.2) is 0 Å². The van der Waals surface area contributed by atoms with Gasteiger partial charge in [0, 0.05) is 5.41 Å². The fourth-order valence-electron chi connectivity index (χ4n) is 10.5. The number of hydrogen-bond acceptors (Lipinski definition) is 2. The van der Waals surface area contributed by atoms with Crippen molar-refractivity contribution in [3.05, 3.63) is 11.6 Å². The number of hydrogen-bond donors (Lipinski definition) is 2. The van der Waals surface area contributed by atoms with Crippen LogP contribution in [0.15, 0.2) is 11.6 Å². The van der Waals surface area contributed by atoms with Crippen LogP contribution in [0, 0.1) is 50.2 Å². The van der Waals surface area contributed by atoms with Gasteiger partial charge in [-0.3, -0.25) is 0 Å². The second kappa shape index (κ2) is 6.87. The SMILES string of the molecule is CC1(C)CC[C@]2(C)CC[C@]3(C)C(=CC[C@@H]4[C@@]5(C)CC[C@@H](O)[C@](C)(CO)[C@@H]5CC[C@]43C)[C@@H]2C1. The van der Waals surface area contributed by atoms with Crippen LogP contribution in [0.25, 0.3) is 0 Å². The van der Waals surface area contributed by atoms with Crippen LogP contribution in [0.3, 0.4) is 0 Å². The number of rotatable bonds is 1. The summed E-state index contributed by atoms with van der Waals surface area (Å²) in [6.07, 6.45) is 14.8. The zero-order valence-corrected chi connectivity index (χ0v) is 22.1. The lowest BCUT2D eigenvalue weighted by atomic mass is 9.33. The zero-order chi connectivity index (χ0) is 23.4. The van der Waals surface area contributed by atoms with Crippen molar-refractivity contribution in [2.24, 2.45) is 50.2 Å². The highest BCUT2D eigenvalue weighted by Crippen LogP contribution is 2.75.